The van der Waals surface area contributed by atoms with Gasteiger partial charge in [-0.15, -0.1) is 0 Å². The fraction of sp³-hybridized carbons (Fsp3) is 0.417. The molecule has 0 bridgehead atoms. The second-order valence-electron chi connectivity index (χ2n) is 7.61. The van der Waals surface area contributed by atoms with Gasteiger partial charge in [-0.3, -0.25) is 9.79 Å². The van der Waals surface area contributed by atoms with Gasteiger partial charge in [-0.2, -0.15) is 0 Å². The van der Waals surface area contributed by atoms with Crippen LogP contribution in [0, 0.1) is 6.92 Å². The number of nitrogens with one attached hydrogen (secondary N) is 2. The highest BCUT2D eigenvalue weighted by Gasteiger charge is 2.19. The summed E-state index contributed by atoms with van der Waals surface area (Å²) < 4.78 is 5.45. The van der Waals surface area contributed by atoms with Gasteiger partial charge in [0.15, 0.2) is 5.96 Å². The van der Waals surface area contributed by atoms with E-state index in [0.29, 0.717) is 19.5 Å². The molecule has 0 spiro atoms. The summed E-state index contributed by atoms with van der Waals surface area (Å²) >= 11 is 0. The maximum absolute atomic E-state index is 12.6. The zero-order valence-corrected chi connectivity index (χ0v) is 18.2. The zero-order valence-electron chi connectivity index (χ0n) is 18.2. The summed E-state index contributed by atoms with van der Waals surface area (Å²) in [5.41, 5.74) is 4.88. The van der Waals surface area contributed by atoms with Gasteiger partial charge in [-0.25, -0.2) is 0 Å². The van der Waals surface area contributed by atoms with Crippen LogP contribution in [0.15, 0.2) is 47.5 Å². The molecule has 0 unspecified atom stereocenters. The molecule has 6 nitrogen and oxygen atoms in total. The molecule has 0 aliphatic carbocycles. The third-order valence-electron chi connectivity index (χ3n) is 5.46. The Labute approximate surface area is 179 Å². The van der Waals surface area contributed by atoms with Crippen molar-refractivity contribution in [2.75, 3.05) is 27.2 Å². The third kappa shape index (κ3) is 5.75. The summed E-state index contributed by atoms with van der Waals surface area (Å²) in [5, 5.41) is 6.60. The predicted molar refractivity (Wildman–Crippen MR) is 121 cm³/mol. The molecular weight excluding hydrogens is 376 g/mol. The van der Waals surface area contributed by atoms with E-state index in [1.54, 1.807) is 14.2 Å². The molecule has 2 aromatic carbocycles. The van der Waals surface area contributed by atoms with Gasteiger partial charge in [0.1, 0.15) is 5.75 Å². The van der Waals surface area contributed by atoms with Gasteiger partial charge in [0.2, 0.25) is 5.91 Å². The lowest BCUT2D eigenvalue weighted by molar-refractivity contribution is -0.132. The van der Waals surface area contributed by atoms with E-state index in [1.807, 2.05) is 24.0 Å². The Balaban J connectivity index is 1.39. The Morgan fingerprint density at radius 1 is 1.17 bits per heavy atom. The van der Waals surface area contributed by atoms with Crippen molar-refractivity contribution >= 4 is 11.9 Å². The van der Waals surface area contributed by atoms with E-state index in [9.17, 15) is 4.79 Å². The number of carbonyl (C=O) groups is 1. The molecule has 1 aliphatic rings. The Hall–Kier alpha value is -3.02. The van der Waals surface area contributed by atoms with Crippen molar-refractivity contribution in [2.45, 2.75) is 39.3 Å². The lowest BCUT2D eigenvalue weighted by Crippen LogP contribution is -2.38. The van der Waals surface area contributed by atoms with Crippen LogP contribution in [0.5, 0.6) is 5.75 Å². The number of carbonyl (C=O) groups excluding carboxylic acids is 1. The molecule has 30 heavy (non-hydrogen) atoms. The number of hydrogen-bond acceptors (Lipinski definition) is 3. The molecule has 0 aromatic heterocycles. The van der Waals surface area contributed by atoms with E-state index in [-0.39, 0.29) is 5.91 Å². The van der Waals surface area contributed by atoms with Gasteiger partial charge in [-0.05, 0) is 42.5 Å². The van der Waals surface area contributed by atoms with Crippen molar-refractivity contribution in [3.63, 3.8) is 0 Å². The number of aryl methyl sites for hydroxylation is 1. The van der Waals surface area contributed by atoms with Gasteiger partial charge < -0.3 is 20.3 Å². The number of hydrogen-bond donors (Lipinski definition) is 2. The molecule has 0 saturated heterocycles. The molecule has 6 heteroatoms. The smallest absolute Gasteiger partial charge is 0.222 e. The Morgan fingerprint density at radius 2 is 1.97 bits per heavy atom. The average Bonchev–Trinajstić information content (AvgIpc) is 2.78. The molecule has 0 atom stereocenters. The van der Waals surface area contributed by atoms with E-state index in [1.165, 1.54) is 16.7 Å². The second-order valence-corrected chi connectivity index (χ2v) is 7.61. The van der Waals surface area contributed by atoms with Crippen LogP contribution >= 0.6 is 0 Å². The quantitative estimate of drug-likeness (QED) is 0.420. The minimum atomic E-state index is 0.221. The van der Waals surface area contributed by atoms with Crippen LogP contribution < -0.4 is 15.4 Å². The molecule has 160 valence electrons. The number of fused-ring (bicyclic) bond motifs is 1. The monoisotopic (exact) mass is 408 g/mol. The van der Waals surface area contributed by atoms with Crippen molar-refractivity contribution in [1.82, 2.24) is 15.5 Å². The van der Waals surface area contributed by atoms with Crippen LogP contribution in [0.2, 0.25) is 0 Å². The molecule has 2 aromatic rings. The Morgan fingerprint density at radius 3 is 2.73 bits per heavy atom. The van der Waals surface area contributed by atoms with Crippen molar-refractivity contribution in [3.05, 3.63) is 64.7 Å². The molecule has 0 saturated carbocycles. The van der Waals surface area contributed by atoms with Crippen molar-refractivity contribution in [3.8, 4) is 5.75 Å². The van der Waals surface area contributed by atoms with Crippen LogP contribution in [0.3, 0.4) is 0 Å². The average molecular weight is 409 g/mol. The first-order valence-corrected chi connectivity index (χ1v) is 10.5. The summed E-state index contributed by atoms with van der Waals surface area (Å²) in [5.74, 6) is 1.81. The first kappa shape index (κ1) is 21.7. The van der Waals surface area contributed by atoms with Gasteiger partial charge in [0.25, 0.3) is 0 Å². The van der Waals surface area contributed by atoms with Crippen LogP contribution in [0.1, 0.15) is 35.1 Å². The number of ether oxygens (including phenoxy) is 1. The van der Waals surface area contributed by atoms with E-state index in [2.05, 4.69) is 46.0 Å². The van der Waals surface area contributed by atoms with Gasteiger partial charge in [0.05, 0.1) is 7.11 Å². The number of rotatable bonds is 7. The molecule has 0 radical (unpaired) electrons. The summed E-state index contributed by atoms with van der Waals surface area (Å²) in [6.45, 7) is 4.90. The highest BCUT2D eigenvalue weighted by molar-refractivity contribution is 5.80. The molecule has 1 heterocycles. The summed E-state index contributed by atoms with van der Waals surface area (Å²) in [6, 6.07) is 14.5. The fourth-order valence-electron chi connectivity index (χ4n) is 3.71. The minimum Gasteiger partial charge on any atom is -0.496 e. The highest BCUT2D eigenvalue weighted by atomic mass is 16.5. The standard InChI is InChI=1S/C24H32N4O2/c1-18-10-11-20(22(15-18)30-3)16-27-24(25-2)26-13-6-9-23(29)28-14-12-19-7-4-5-8-21(19)17-28/h4-5,7-8,10-11,15H,6,9,12-14,16-17H2,1-3H3,(H2,25,26,27). The molecular formula is C24H32N4O2. The third-order valence-corrected chi connectivity index (χ3v) is 5.46. The topological polar surface area (TPSA) is 66.0 Å². The van der Waals surface area contributed by atoms with Gasteiger partial charge in [-0.1, -0.05) is 36.4 Å². The van der Waals surface area contributed by atoms with Crippen molar-refractivity contribution < 1.29 is 9.53 Å². The molecule has 2 N–H and O–H groups in total. The van der Waals surface area contributed by atoms with Crippen LogP contribution in [0.4, 0.5) is 0 Å². The highest BCUT2D eigenvalue weighted by Crippen LogP contribution is 2.20. The van der Waals surface area contributed by atoms with E-state index < -0.39 is 0 Å². The lowest BCUT2D eigenvalue weighted by Gasteiger charge is -2.29. The first-order valence-electron chi connectivity index (χ1n) is 10.5. The zero-order chi connectivity index (χ0) is 21.3. The Bertz CT molecular complexity index is 895. The number of amides is 1. The van der Waals surface area contributed by atoms with E-state index in [0.717, 1.165) is 43.2 Å². The van der Waals surface area contributed by atoms with E-state index in [4.69, 9.17) is 4.74 Å². The largest absolute Gasteiger partial charge is 0.496 e. The molecule has 1 aliphatic heterocycles. The van der Waals surface area contributed by atoms with Crippen LogP contribution in [-0.4, -0.2) is 44.0 Å². The first-order chi connectivity index (χ1) is 14.6. The van der Waals surface area contributed by atoms with Gasteiger partial charge in [0, 0.05) is 45.2 Å². The predicted octanol–water partition coefficient (Wildman–Crippen LogP) is 3.03. The molecule has 0 fully saturated rings. The maximum atomic E-state index is 12.6. The molecule has 1 amide bonds. The SMILES string of the molecule is CN=C(NCCCC(=O)N1CCc2ccccc2C1)NCc1ccc(C)cc1OC. The second kappa shape index (κ2) is 10.7. The van der Waals surface area contributed by atoms with Gasteiger partial charge >= 0.3 is 0 Å². The van der Waals surface area contributed by atoms with Crippen LogP contribution in [-0.2, 0) is 24.3 Å². The lowest BCUT2D eigenvalue weighted by atomic mass is 9.99. The van der Waals surface area contributed by atoms with Crippen LogP contribution in [0.25, 0.3) is 0 Å². The summed E-state index contributed by atoms with van der Waals surface area (Å²) in [7, 11) is 3.43. The summed E-state index contributed by atoms with van der Waals surface area (Å²) in [4.78, 5) is 18.8. The number of benzene rings is 2. The van der Waals surface area contributed by atoms with Crippen molar-refractivity contribution in [1.29, 1.82) is 0 Å². The number of guanidine groups is 1. The number of methoxy groups -OCH3 is 1. The number of nitrogens with zero attached hydrogens (tertiary/aromatic N) is 2. The van der Waals surface area contributed by atoms with Crippen molar-refractivity contribution in [2.24, 2.45) is 4.99 Å². The number of aliphatic imine (C=N–C) groups is 1. The Kier molecular flexibility index (Phi) is 7.71. The normalized spacial score (nSPS) is 13.6. The minimum absolute atomic E-state index is 0.221. The molecule has 3 rings (SSSR count). The maximum Gasteiger partial charge on any atom is 0.222 e. The summed E-state index contributed by atoms with van der Waals surface area (Å²) in [6.07, 6.45) is 2.25. The fourth-order valence-corrected chi connectivity index (χ4v) is 3.71. The van der Waals surface area contributed by atoms with E-state index >= 15 is 0 Å².